The summed E-state index contributed by atoms with van der Waals surface area (Å²) >= 11 is 3.30. The van der Waals surface area contributed by atoms with Crippen LogP contribution in [0.15, 0.2) is 10.8 Å². The number of anilines is 2. The molecule has 17 heavy (non-hydrogen) atoms. The van der Waals surface area contributed by atoms with Gasteiger partial charge in [0.2, 0.25) is 5.91 Å². The average molecular weight is 302 g/mol. The van der Waals surface area contributed by atoms with Crippen molar-refractivity contribution in [1.82, 2.24) is 15.3 Å². The number of nitrogens with zero attached hydrogens (tertiary/aromatic N) is 3. The molecule has 7 heteroatoms. The van der Waals surface area contributed by atoms with Crippen LogP contribution in [0.3, 0.4) is 0 Å². The molecule has 3 N–H and O–H groups in total. The van der Waals surface area contributed by atoms with Gasteiger partial charge in [0.15, 0.2) is 0 Å². The number of amides is 1. The van der Waals surface area contributed by atoms with Gasteiger partial charge in [0, 0.05) is 13.6 Å². The highest BCUT2D eigenvalue weighted by Gasteiger charge is 2.13. The maximum Gasteiger partial charge on any atom is 0.239 e. The van der Waals surface area contributed by atoms with Crippen LogP contribution in [0.5, 0.6) is 0 Å². The molecule has 0 bridgehead atoms. The Bertz CT molecular complexity index is 398. The second-order valence-corrected chi connectivity index (χ2v) is 4.40. The van der Waals surface area contributed by atoms with Crippen molar-refractivity contribution in [2.45, 2.75) is 13.3 Å². The maximum atomic E-state index is 11.5. The first-order chi connectivity index (χ1) is 8.06. The number of hydrogen-bond acceptors (Lipinski definition) is 5. The molecule has 1 aromatic heterocycles. The number of carbonyl (C=O) groups excluding carboxylic acids is 1. The Labute approximate surface area is 109 Å². The van der Waals surface area contributed by atoms with Crippen LogP contribution >= 0.6 is 15.9 Å². The number of nitrogen functional groups attached to an aromatic ring is 1. The van der Waals surface area contributed by atoms with Crippen molar-refractivity contribution in [2.75, 3.05) is 30.8 Å². The molecular weight excluding hydrogens is 286 g/mol. The molecule has 1 heterocycles. The van der Waals surface area contributed by atoms with Crippen molar-refractivity contribution in [3.05, 3.63) is 10.8 Å². The Hall–Kier alpha value is -1.37. The van der Waals surface area contributed by atoms with Gasteiger partial charge < -0.3 is 16.0 Å². The molecule has 0 spiro atoms. The van der Waals surface area contributed by atoms with Crippen LogP contribution in [0.2, 0.25) is 0 Å². The van der Waals surface area contributed by atoms with E-state index in [0.717, 1.165) is 6.42 Å². The Morgan fingerprint density at radius 1 is 1.59 bits per heavy atom. The molecule has 0 fully saturated rings. The normalized spacial score (nSPS) is 10.1. The molecule has 0 aromatic carbocycles. The highest BCUT2D eigenvalue weighted by molar-refractivity contribution is 9.10. The van der Waals surface area contributed by atoms with Crippen LogP contribution in [0, 0.1) is 0 Å². The van der Waals surface area contributed by atoms with Crippen LogP contribution in [0.4, 0.5) is 11.6 Å². The van der Waals surface area contributed by atoms with Crippen molar-refractivity contribution >= 4 is 33.5 Å². The number of nitrogens with two attached hydrogens (primary N) is 1. The molecule has 0 saturated heterocycles. The van der Waals surface area contributed by atoms with E-state index in [1.54, 1.807) is 11.9 Å². The summed E-state index contributed by atoms with van der Waals surface area (Å²) in [5.74, 6) is 0.915. The number of likely N-dealkylation sites (N-methyl/N-ethyl adjacent to an activating group) is 1. The van der Waals surface area contributed by atoms with Gasteiger partial charge in [0.05, 0.1) is 6.54 Å². The van der Waals surface area contributed by atoms with E-state index in [4.69, 9.17) is 5.73 Å². The fraction of sp³-hybridized carbons (Fsp3) is 0.500. The summed E-state index contributed by atoms with van der Waals surface area (Å²) in [4.78, 5) is 21.2. The maximum absolute atomic E-state index is 11.5. The summed E-state index contributed by atoms with van der Waals surface area (Å²) in [6.07, 6.45) is 2.29. The fourth-order valence-corrected chi connectivity index (χ4v) is 1.76. The minimum Gasteiger partial charge on any atom is -0.383 e. The average Bonchev–Trinajstić information content (AvgIpc) is 2.29. The molecule has 0 atom stereocenters. The zero-order valence-electron chi connectivity index (χ0n) is 9.90. The smallest absolute Gasteiger partial charge is 0.239 e. The lowest BCUT2D eigenvalue weighted by Gasteiger charge is -2.19. The second-order valence-electron chi connectivity index (χ2n) is 3.60. The topological polar surface area (TPSA) is 84.1 Å². The number of carbonyl (C=O) groups is 1. The summed E-state index contributed by atoms with van der Waals surface area (Å²) in [6, 6.07) is 0. The van der Waals surface area contributed by atoms with Crippen molar-refractivity contribution in [2.24, 2.45) is 0 Å². The molecule has 0 unspecified atom stereocenters. The summed E-state index contributed by atoms with van der Waals surface area (Å²) in [5, 5.41) is 2.80. The predicted octanol–water partition coefficient (Wildman–Crippen LogP) is 0.784. The van der Waals surface area contributed by atoms with Gasteiger partial charge in [-0.05, 0) is 22.4 Å². The van der Waals surface area contributed by atoms with E-state index in [2.05, 4.69) is 31.2 Å². The zero-order chi connectivity index (χ0) is 12.8. The first-order valence-corrected chi connectivity index (χ1v) is 6.09. The quantitative estimate of drug-likeness (QED) is 0.840. The number of nitrogens with one attached hydrogen (secondary N) is 1. The molecule has 94 valence electrons. The van der Waals surface area contributed by atoms with Crippen molar-refractivity contribution < 1.29 is 4.79 Å². The second kappa shape index (κ2) is 6.39. The highest BCUT2D eigenvalue weighted by Crippen LogP contribution is 2.26. The van der Waals surface area contributed by atoms with Gasteiger partial charge in [-0.15, -0.1) is 0 Å². The number of hydrogen-bond donors (Lipinski definition) is 2. The van der Waals surface area contributed by atoms with E-state index in [0.29, 0.717) is 22.7 Å². The number of aromatic nitrogens is 2. The van der Waals surface area contributed by atoms with Gasteiger partial charge in [-0.3, -0.25) is 4.79 Å². The molecule has 0 saturated carbocycles. The van der Waals surface area contributed by atoms with Gasteiger partial charge in [-0.25, -0.2) is 9.97 Å². The van der Waals surface area contributed by atoms with E-state index < -0.39 is 0 Å². The lowest BCUT2D eigenvalue weighted by Crippen LogP contribution is -2.36. The Morgan fingerprint density at radius 2 is 2.29 bits per heavy atom. The minimum absolute atomic E-state index is 0.0431. The summed E-state index contributed by atoms with van der Waals surface area (Å²) in [7, 11) is 1.78. The first-order valence-electron chi connectivity index (χ1n) is 5.30. The summed E-state index contributed by atoms with van der Waals surface area (Å²) in [5.41, 5.74) is 5.64. The monoisotopic (exact) mass is 301 g/mol. The van der Waals surface area contributed by atoms with Crippen LogP contribution < -0.4 is 16.0 Å². The molecule has 1 amide bonds. The van der Waals surface area contributed by atoms with Crippen molar-refractivity contribution in [3.63, 3.8) is 0 Å². The molecule has 0 radical (unpaired) electrons. The third-order valence-electron chi connectivity index (χ3n) is 2.11. The van der Waals surface area contributed by atoms with Gasteiger partial charge in [0.1, 0.15) is 22.4 Å². The van der Waals surface area contributed by atoms with Crippen LogP contribution in [-0.4, -0.2) is 36.0 Å². The molecule has 0 aliphatic heterocycles. The standard InChI is InChI=1S/C10H16BrN5O/c1-3-4-13-7(17)5-16(2)10-8(11)9(12)14-6-15-10/h6H,3-5H2,1-2H3,(H,13,17)(H2,12,14,15). The van der Waals surface area contributed by atoms with Crippen molar-refractivity contribution in [3.8, 4) is 0 Å². The highest BCUT2D eigenvalue weighted by atomic mass is 79.9. The minimum atomic E-state index is -0.0431. The van der Waals surface area contributed by atoms with E-state index in [-0.39, 0.29) is 12.5 Å². The van der Waals surface area contributed by atoms with Gasteiger partial charge in [-0.2, -0.15) is 0 Å². The molecule has 1 aromatic rings. The largest absolute Gasteiger partial charge is 0.383 e. The SMILES string of the molecule is CCCNC(=O)CN(C)c1ncnc(N)c1Br. The lowest BCUT2D eigenvalue weighted by molar-refractivity contribution is -0.119. The van der Waals surface area contributed by atoms with E-state index in [1.165, 1.54) is 6.33 Å². The Balaban J connectivity index is 2.66. The van der Waals surface area contributed by atoms with Crippen LogP contribution in [0.1, 0.15) is 13.3 Å². The molecule has 1 rings (SSSR count). The molecular formula is C10H16BrN5O. The van der Waals surface area contributed by atoms with Gasteiger partial charge in [-0.1, -0.05) is 6.92 Å². The molecule has 0 aliphatic carbocycles. The van der Waals surface area contributed by atoms with Crippen LogP contribution in [0.25, 0.3) is 0 Å². The Kier molecular flexibility index (Phi) is 5.14. The van der Waals surface area contributed by atoms with Crippen LogP contribution in [-0.2, 0) is 4.79 Å². The molecule has 6 nitrogen and oxygen atoms in total. The number of rotatable bonds is 5. The first kappa shape index (κ1) is 13.7. The lowest BCUT2D eigenvalue weighted by atomic mass is 10.4. The van der Waals surface area contributed by atoms with Gasteiger partial charge in [0.25, 0.3) is 0 Å². The van der Waals surface area contributed by atoms with E-state index in [9.17, 15) is 4.79 Å². The van der Waals surface area contributed by atoms with E-state index in [1.807, 2.05) is 6.92 Å². The third kappa shape index (κ3) is 3.85. The van der Waals surface area contributed by atoms with Crippen molar-refractivity contribution in [1.29, 1.82) is 0 Å². The Morgan fingerprint density at radius 3 is 2.94 bits per heavy atom. The summed E-state index contributed by atoms with van der Waals surface area (Å²) < 4.78 is 0.603. The number of halogens is 1. The predicted molar refractivity (Wildman–Crippen MR) is 70.7 cm³/mol. The van der Waals surface area contributed by atoms with Gasteiger partial charge >= 0.3 is 0 Å². The zero-order valence-corrected chi connectivity index (χ0v) is 11.5. The van der Waals surface area contributed by atoms with E-state index >= 15 is 0 Å². The molecule has 0 aliphatic rings. The fourth-order valence-electron chi connectivity index (χ4n) is 1.25. The summed E-state index contributed by atoms with van der Waals surface area (Å²) in [6.45, 7) is 2.92. The third-order valence-corrected chi connectivity index (χ3v) is 2.87.